The number of hydrogen-bond acceptors (Lipinski definition) is 17. The van der Waals surface area contributed by atoms with E-state index >= 15 is 4.39 Å². The maximum atomic E-state index is 15.1. The molecule has 2 amide bonds. The lowest BCUT2D eigenvalue weighted by atomic mass is 9.91. The third kappa shape index (κ3) is 12.0. The van der Waals surface area contributed by atoms with Gasteiger partial charge >= 0.3 is 0 Å². The summed E-state index contributed by atoms with van der Waals surface area (Å²) in [5.41, 5.74) is 5.43. The van der Waals surface area contributed by atoms with Crippen molar-refractivity contribution < 1.29 is 32.2 Å². The van der Waals surface area contributed by atoms with Crippen LogP contribution in [0.25, 0.3) is 20.4 Å². The zero-order chi connectivity index (χ0) is 52.4. The van der Waals surface area contributed by atoms with Crippen molar-refractivity contribution in [3.8, 4) is 0 Å². The smallest absolute Gasteiger partial charge is 0.255 e. The second-order valence-electron chi connectivity index (χ2n) is 20.3. The Labute approximate surface area is 443 Å². The van der Waals surface area contributed by atoms with Gasteiger partial charge in [0, 0.05) is 85.7 Å². The highest BCUT2D eigenvalue weighted by Crippen LogP contribution is 2.53. The van der Waals surface area contributed by atoms with Gasteiger partial charge in [0.25, 0.3) is 11.8 Å². The lowest BCUT2D eigenvalue weighted by molar-refractivity contribution is -0.00178. The molecule has 0 spiro atoms. The van der Waals surface area contributed by atoms with E-state index in [1.54, 1.807) is 58.9 Å². The Kier molecular flexibility index (Phi) is 15.0. The number of nitrogens with one attached hydrogen (secondary N) is 6. The predicted octanol–water partition coefficient (Wildman–Crippen LogP) is 7.82. The molecule has 1 saturated heterocycles. The minimum atomic E-state index is -3.83. The third-order valence-electron chi connectivity index (χ3n) is 14.3. The van der Waals surface area contributed by atoms with Crippen LogP contribution in [0.3, 0.4) is 0 Å². The number of fused-ring (bicyclic) bond motifs is 4. The molecule has 394 valence electrons. The quantitative estimate of drug-likeness (QED) is 0.0364. The molecule has 2 unspecified atom stereocenters. The van der Waals surface area contributed by atoms with E-state index in [1.165, 1.54) is 31.4 Å². The molecule has 18 nitrogen and oxygen atoms in total. The summed E-state index contributed by atoms with van der Waals surface area (Å²) in [5, 5.41) is 26.9. The normalized spacial score (nSPS) is 19.7. The molecule has 0 radical (unpaired) electrons. The molecule has 1 aliphatic heterocycles. The number of halogens is 1. The van der Waals surface area contributed by atoms with Gasteiger partial charge in [-0.05, 0) is 101 Å². The molecular weight excluding hydrogens is 1020 g/mol. The van der Waals surface area contributed by atoms with E-state index in [2.05, 4.69) is 51.2 Å². The van der Waals surface area contributed by atoms with Crippen molar-refractivity contribution >= 4 is 99.3 Å². The van der Waals surface area contributed by atoms with Gasteiger partial charge in [0.05, 0.1) is 84.2 Å². The summed E-state index contributed by atoms with van der Waals surface area (Å²) in [5.74, 6) is 0.128. The fraction of sp³-hybridized carbons (Fsp3) is 0.396. The first-order valence-corrected chi connectivity index (χ1v) is 28.3. The third-order valence-corrected chi connectivity index (χ3v) is 17.5. The SMILES string of the molecule is CC(CN(c1ccc2ncsc2c1)c1cc(NC23CCC(NS(=O)(=O)c4ccccc4)(CC2)C3)c(C(=O)NCC(F)C(C)(C)O)cn1)Nc1cc(Nc2ccc3ncsc3c2)ncc1C(=O)NCCN1CCOCC1. The first-order valence-electron chi connectivity index (χ1n) is 25.1. The van der Waals surface area contributed by atoms with Gasteiger partial charge in [-0.2, -0.15) is 0 Å². The average Bonchev–Trinajstić information content (AvgIpc) is 4.22. The summed E-state index contributed by atoms with van der Waals surface area (Å²) in [6, 6.07) is 23.4. The van der Waals surface area contributed by atoms with Gasteiger partial charge in [0.2, 0.25) is 10.0 Å². The molecule has 7 aromatic rings. The number of pyridine rings is 2. The molecule has 75 heavy (non-hydrogen) atoms. The first-order chi connectivity index (χ1) is 36.0. The number of aromatic nitrogens is 4. The van der Waals surface area contributed by atoms with Crippen LogP contribution in [0.1, 0.15) is 73.6 Å². The Morgan fingerprint density at radius 1 is 0.840 bits per heavy atom. The molecule has 4 aromatic heterocycles. The van der Waals surface area contributed by atoms with E-state index in [4.69, 9.17) is 9.72 Å². The number of morpholine rings is 1. The zero-order valence-electron chi connectivity index (χ0n) is 41.9. The molecule has 3 aliphatic rings. The molecule has 2 saturated carbocycles. The maximum absolute atomic E-state index is 15.1. The number of aliphatic hydroxyl groups is 1. The highest BCUT2D eigenvalue weighted by molar-refractivity contribution is 7.89. The van der Waals surface area contributed by atoms with Crippen molar-refractivity contribution in [2.75, 3.05) is 73.3 Å². The number of sulfonamides is 1. The van der Waals surface area contributed by atoms with Crippen molar-refractivity contribution in [3.05, 3.63) is 113 Å². The summed E-state index contributed by atoms with van der Waals surface area (Å²) in [6.07, 6.45) is 4.15. The topological polar surface area (TPSA) is 228 Å². The molecule has 3 aromatic carbocycles. The second-order valence-corrected chi connectivity index (χ2v) is 23.8. The van der Waals surface area contributed by atoms with E-state index in [1.807, 2.05) is 60.4 Å². The molecule has 2 aliphatic carbocycles. The molecule has 22 heteroatoms. The van der Waals surface area contributed by atoms with Crippen LogP contribution in [-0.2, 0) is 14.8 Å². The monoisotopic (exact) mass is 1080 g/mol. The molecular formula is C53H61FN12O6S3. The molecule has 2 atom stereocenters. The summed E-state index contributed by atoms with van der Waals surface area (Å²) >= 11 is 3.04. The number of benzene rings is 3. The second kappa shape index (κ2) is 21.7. The van der Waals surface area contributed by atoms with E-state index in [-0.39, 0.29) is 22.4 Å². The Bertz CT molecular complexity index is 3290. The number of amides is 2. The largest absolute Gasteiger partial charge is 0.387 e. The standard InChI is InChI=1S/C53H61FN12O6S3/c1-34(61-42-25-47(62-35-9-11-40-44(23-35)73-32-59-40)56-27-38(42)49(67)55-17-18-65-19-21-72-22-20-65)30-66(36-10-12-41-45(24-36)74-33-60-41)48-26-43(39(28-57-48)50(68)58-29-46(54)51(2,3)69)63-52-13-15-53(31-52,16-14-52)64-75(70,71)37-7-5-4-6-8-37/h4-12,23-28,32-34,46,64,69H,13-22,29-31H2,1-3H3,(H,55,67)(H,57,63)(H,58,68)(H2,56,61,62). The highest BCUT2D eigenvalue weighted by atomic mass is 32.2. The number of hydrogen-bond donors (Lipinski definition) is 7. The van der Waals surface area contributed by atoms with E-state index in [0.717, 1.165) is 44.9 Å². The summed E-state index contributed by atoms with van der Waals surface area (Å²) in [7, 11) is -3.83. The van der Waals surface area contributed by atoms with Crippen LogP contribution in [-0.4, -0.2) is 132 Å². The van der Waals surface area contributed by atoms with Crippen molar-refractivity contribution in [2.45, 2.75) is 86.7 Å². The highest BCUT2D eigenvalue weighted by Gasteiger charge is 2.56. The number of anilines is 6. The minimum Gasteiger partial charge on any atom is -0.387 e. The number of alkyl halides is 1. The van der Waals surface area contributed by atoms with Crippen molar-refractivity contribution in [3.63, 3.8) is 0 Å². The lowest BCUT2D eigenvalue weighted by Gasteiger charge is -2.32. The maximum Gasteiger partial charge on any atom is 0.255 e. The molecule has 7 N–H and O–H groups in total. The van der Waals surface area contributed by atoms with Crippen LogP contribution in [0.15, 0.2) is 107 Å². The van der Waals surface area contributed by atoms with Crippen LogP contribution >= 0.6 is 22.7 Å². The molecule has 2 bridgehead atoms. The van der Waals surface area contributed by atoms with Crippen molar-refractivity contribution in [1.29, 1.82) is 0 Å². The Morgan fingerprint density at radius 2 is 1.51 bits per heavy atom. The van der Waals surface area contributed by atoms with Gasteiger partial charge in [0.1, 0.15) is 17.8 Å². The van der Waals surface area contributed by atoms with Gasteiger partial charge in [0.15, 0.2) is 0 Å². The average molecular weight is 1080 g/mol. The number of carbonyl (C=O) groups is 2. The van der Waals surface area contributed by atoms with Gasteiger partial charge < -0.3 is 41.3 Å². The van der Waals surface area contributed by atoms with Gasteiger partial charge in [-0.15, -0.1) is 22.7 Å². The molecule has 10 rings (SSSR count). The first kappa shape index (κ1) is 52.1. The van der Waals surface area contributed by atoms with Crippen LogP contribution < -0.4 is 36.2 Å². The van der Waals surface area contributed by atoms with Crippen molar-refractivity contribution in [1.82, 2.24) is 40.2 Å². The van der Waals surface area contributed by atoms with Gasteiger partial charge in [-0.1, -0.05) is 18.2 Å². The number of nitrogens with zero attached hydrogens (tertiary/aromatic N) is 6. The number of carbonyl (C=O) groups excluding carboxylic acids is 2. The zero-order valence-corrected chi connectivity index (χ0v) is 44.4. The number of ether oxygens (including phenoxy) is 1. The van der Waals surface area contributed by atoms with E-state index in [0.29, 0.717) is 93.5 Å². The van der Waals surface area contributed by atoms with Crippen LogP contribution in [0.4, 0.5) is 38.8 Å². The van der Waals surface area contributed by atoms with Crippen LogP contribution in [0.2, 0.25) is 0 Å². The Morgan fingerprint density at radius 3 is 2.24 bits per heavy atom. The number of rotatable bonds is 21. The summed E-state index contributed by atoms with van der Waals surface area (Å²) in [6.45, 7) is 8.59. The number of thiazole rings is 2. The fourth-order valence-electron chi connectivity index (χ4n) is 10.2. The predicted molar refractivity (Wildman–Crippen MR) is 293 cm³/mol. The van der Waals surface area contributed by atoms with E-state index in [9.17, 15) is 23.1 Å². The minimum absolute atomic E-state index is 0.157. The lowest BCUT2D eigenvalue weighted by Crippen LogP contribution is -2.44. The molecule has 3 fully saturated rings. The van der Waals surface area contributed by atoms with Gasteiger partial charge in [-0.25, -0.2) is 37.5 Å². The van der Waals surface area contributed by atoms with Crippen LogP contribution in [0, 0.1) is 0 Å². The fourth-order valence-corrected chi connectivity index (χ4v) is 13.1. The Balaban J connectivity index is 0.965. The van der Waals surface area contributed by atoms with Gasteiger partial charge in [-0.3, -0.25) is 14.5 Å². The van der Waals surface area contributed by atoms with Crippen molar-refractivity contribution in [2.24, 2.45) is 0 Å². The van der Waals surface area contributed by atoms with Crippen LogP contribution in [0.5, 0.6) is 0 Å². The summed E-state index contributed by atoms with van der Waals surface area (Å²) < 4.78 is 53.0. The molecule has 5 heterocycles. The Hall–Kier alpha value is -6.40. The summed E-state index contributed by atoms with van der Waals surface area (Å²) in [4.78, 5) is 51.2. The van der Waals surface area contributed by atoms with E-state index < -0.39 is 45.3 Å².